The summed E-state index contributed by atoms with van der Waals surface area (Å²) in [5.74, 6) is 0. The van der Waals surface area contributed by atoms with Crippen LogP contribution in [0.25, 0.3) is 38.7 Å². The summed E-state index contributed by atoms with van der Waals surface area (Å²) in [6.07, 6.45) is 5.86. The van der Waals surface area contributed by atoms with E-state index in [0.717, 1.165) is 46.1 Å². The Morgan fingerprint density at radius 2 is 1.73 bits per heavy atom. The Morgan fingerprint density at radius 3 is 2.65 bits per heavy atom. The molecule has 3 nitrogen and oxygen atoms in total. The quantitative estimate of drug-likeness (QED) is 0.316. The van der Waals surface area contributed by atoms with E-state index in [1.165, 1.54) is 11.9 Å². The van der Waals surface area contributed by atoms with Gasteiger partial charge in [0.2, 0.25) is 6.33 Å². The van der Waals surface area contributed by atoms with Gasteiger partial charge in [0, 0.05) is 10.8 Å². The topological polar surface area (TPSA) is 21.9 Å². The molecule has 2 heterocycles. The highest BCUT2D eigenvalue weighted by Gasteiger charge is 2.14. The number of aromatic nitrogens is 2. The maximum absolute atomic E-state index is 6.23. The van der Waals surface area contributed by atoms with Crippen molar-refractivity contribution in [2.24, 2.45) is 0 Å². The molecule has 0 atom stereocenters. The molecule has 0 radical (unpaired) electrons. The highest BCUT2D eigenvalue weighted by molar-refractivity contribution is 6.06. The number of rotatable bonds is 4. The van der Waals surface area contributed by atoms with Crippen LogP contribution in [0.4, 0.5) is 0 Å². The smallest absolute Gasteiger partial charge is 0.244 e. The van der Waals surface area contributed by atoms with Gasteiger partial charge in [-0.3, -0.25) is 0 Å². The Morgan fingerprint density at radius 1 is 0.923 bits per heavy atom. The summed E-state index contributed by atoms with van der Waals surface area (Å²) in [7, 11) is 0. The van der Waals surface area contributed by atoms with Gasteiger partial charge in [0.05, 0.1) is 23.3 Å². The van der Waals surface area contributed by atoms with Gasteiger partial charge in [-0.15, -0.1) is 0 Å². The van der Waals surface area contributed by atoms with Crippen LogP contribution >= 0.6 is 0 Å². The maximum atomic E-state index is 6.23. The number of benzene rings is 3. The third-order valence-corrected chi connectivity index (χ3v) is 4.99. The summed E-state index contributed by atoms with van der Waals surface area (Å²) in [4.78, 5) is 0. The first-order chi connectivity index (χ1) is 12.9. The van der Waals surface area contributed by atoms with Crippen molar-refractivity contribution in [3.05, 3.63) is 73.1 Å². The molecule has 0 fully saturated rings. The second-order valence-electron chi connectivity index (χ2n) is 6.68. The Hall–Kier alpha value is -3.07. The van der Waals surface area contributed by atoms with E-state index in [4.69, 9.17) is 4.42 Å². The summed E-state index contributed by atoms with van der Waals surface area (Å²) in [5, 5.41) is 2.30. The van der Waals surface area contributed by atoms with Gasteiger partial charge in [0.15, 0.2) is 0 Å². The number of hydrogen-bond acceptors (Lipinski definition) is 1. The van der Waals surface area contributed by atoms with Crippen LogP contribution in [-0.4, -0.2) is 4.57 Å². The molecule has 0 aliphatic carbocycles. The first-order valence-electron chi connectivity index (χ1n) is 9.20. The summed E-state index contributed by atoms with van der Waals surface area (Å²) in [6, 6.07) is 23.0. The molecule has 0 spiro atoms. The van der Waals surface area contributed by atoms with E-state index >= 15 is 0 Å². The molecule has 2 aromatic heterocycles. The van der Waals surface area contributed by atoms with Crippen molar-refractivity contribution in [1.82, 2.24) is 4.57 Å². The van der Waals surface area contributed by atoms with Crippen LogP contribution in [0.1, 0.15) is 19.8 Å². The van der Waals surface area contributed by atoms with Gasteiger partial charge < -0.3 is 13.6 Å². The molecular formula is C23H20N2O. The van der Waals surface area contributed by atoms with Gasteiger partial charge in [-0.2, -0.15) is 0 Å². The van der Waals surface area contributed by atoms with Crippen molar-refractivity contribution >= 4 is 33.0 Å². The van der Waals surface area contributed by atoms with Gasteiger partial charge in [-0.25, -0.2) is 0 Å². The fourth-order valence-corrected chi connectivity index (χ4v) is 3.69. The molecule has 0 bridgehead atoms. The van der Waals surface area contributed by atoms with Crippen molar-refractivity contribution in [2.45, 2.75) is 26.3 Å². The largest absolute Gasteiger partial charge is 0.462 e. The number of fused-ring (bicyclic) bond motifs is 4. The van der Waals surface area contributed by atoms with Crippen molar-refractivity contribution in [3.8, 4) is 5.69 Å². The Labute approximate surface area is 152 Å². The monoisotopic (exact) mass is 340 g/mol. The number of unbranched alkanes of at least 4 members (excludes halogenated alkanes) is 1. The molecule has 0 aliphatic heterocycles. The molecule has 3 heteroatoms. The first kappa shape index (κ1) is 15.2. The predicted octanol–water partition coefficient (Wildman–Crippen LogP) is 5.42. The van der Waals surface area contributed by atoms with E-state index in [1.807, 2.05) is 12.1 Å². The lowest BCUT2D eigenvalue weighted by atomic mass is 10.1. The van der Waals surface area contributed by atoms with E-state index in [-0.39, 0.29) is 0 Å². The minimum Gasteiger partial charge on any atom is -0.462 e. The number of para-hydroxylation sites is 4. The molecule has 0 N–H and O–H groups in total. The minimum absolute atomic E-state index is 0.911. The summed E-state index contributed by atoms with van der Waals surface area (Å²) < 4.78 is 10.6. The van der Waals surface area contributed by atoms with E-state index in [9.17, 15) is 0 Å². The normalized spacial score (nSPS) is 11.7. The van der Waals surface area contributed by atoms with E-state index in [2.05, 4.69) is 77.0 Å². The van der Waals surface area contributed by atoms with Crippen molar-refractivity contribution in [3.63, 3.8) is 0 Å². The molecular weight excluding hydrogens is 320 g/mol. The second-order valence-corrected chi connectivity index (χ2v) is 6.68. The Balaban J connectivity index is 1.80. The fraction of sp³-hybridized carbons (Fsp3) is 0.174. The molecule has 128 valence electrons. The third-order valence-electron chi connectivity index (χ3n) is 4.99. The number of imidazole rings is 1. The molecule has 26 heavy (non-hydrogen) atoms. The Kier molecular flexibility index (Phi) is 3.52. The average molecular weight is 340 g/mol. The van der Waals surface area contributed by atoms with Crippen LogP contribution in [-0.2, 0) is 6.54 Å². The molecule has 3 aromatic carbocycles. The third kappa shape index (κ3) is 2.24. The summed E-state index contributed by atoms with van der Waals surface area (Å²) >= 11 is 0. The van der Waals surface area contributed by atoms with Gasteiger partial charge >= 0.3 is 0 Å². The van der Waals surface area contributed by atoms with Crippen LogP contribution in [0, 0.1) is 6.33 Å². The number of nitrogens with zero attached hydrogens (tertiary/aromatic N) is 2. The molecule has 0 unspecified atom stereocenters. The fourth-order valence-electron chi connectivity index (χ4n) is 3.69. The van der Waals surface area contributed by atoms with Gasteiger partial charge in [-0.1, -0.05) is 74.0 Å². The highest BCUT2D eigenvalue weighted by Crippen LogP contribution is 2.31. The van der Waals surface area contributed by atoms with Crippen LogP contribution in [0.2, 0.25) is 0 Å². The highest BCUT2D eigenvalue weighted by atomic mass is 16.3. The van der Waals surface area contributed by atoms with E-state index in [0.29, 0.717) is 0 Å². The SMILES string of the molecule is CCCCn1[c-][n+](-c2cccc3c2oc2ccccc23)c2ccccc21. The molecule has 5 rings (SSSR count). The lowest BCUT2D eigenvalue weighted by Crippen LogP contribution is -2.29. The molecule has 0 amide bonds. The number of hydrogen-bond donors (Lipinski definition) is 0. The van der Waals surface area contributed by atoms with Gasteiger partial charge in [0.1, 0.15) is 11.2 Å². The van der Waals surface area contributed by atoms with Crippen molar-refractivity contribution in [1.29, 1.82) is 0 Å². The second kappa shape index (κ2) is 6.03. The zero-order valence-corrected chi connectivity index (χ0v) is 14.8. The maximum Gasteiger partial charge on any atom is 0.244 e. The zero-order chi connectivity index (χ0) is 17.5. The lowest BCUT2D eigenvalue weighted by molar-refractivity contribution is -0.571. The van der Waals surface area contributed by atoms with E-state index in [1.54, 1.807) is 0 Å². The first-order valence-corrected chi connectivity index (χ1v) is 9.20. The van der Waals surface area contributed by atoms with Crippen molar-refractivity contribution in [2.75, 3.05) is 0 Å². The van der Waals surface area contributed by atoms with Crippen LogP contribution in [0.15, 0.2) is 71.1 Å². The minimum atomic E-state index is 0.911. The summed E-state index contributed by atoms with van der Waals surface area (Å²) in [6.45, 7) is 3.19. The van der Waals surface area contributed by atoms with Gasteiger partial charge in [0.25, 0.3) is 0 Å². The van der Waals surface area contributed by atoms with Crippen molar-refractivity contribution < 1.29 is 8.98 Å². The standard InChI is InChI=1S/C23H20N2O/c1-2-3-15-24-16-25(20-12-6-5-11-19(20)24)21-13-8-10-18-17-9-4-7-14-22(17)26-23(18)21/h4-14H,2-3,15H2,1H3. The van der Waals surface area contributed by atoms with Crippen LogP contribution in [0.3, 0.4) is 0 Å². The van der Waals surface area contributed by atoms with E-state index < -0.39 is 0 Å². The Bertz CT molecular complexity index is 1230. The van der Waals surface area contributed by atoms with Crippen LogP contribution < -0.4 is 4.57 Å². The lowest BCUT2D eigenvalue weighted by Gasteiger charge is -2.05. The molecule has 0 saturated heterocycles. The molecule has 0 saturated carbocycles. The number of aryl methyl sites for hydroxylation is 1. The summed E-state index contributed by atoms with van der Waals surface area (Å²) in [5.41, 5.74) is 5.22. The molecule has 5 aromatic rings. The number of furan rings is 1. The van der Waals surface area contributed by atoms with Gasteiger partial charge in [-0.05, 0) is 12.5 Å². The molecule has 0 aliphatic rings. The van der Waals surface area contributed by atoms with Crippen LogP contribution in [0.5, 0.6) is 0 Å². The average Bonchev–Trinajstić information content (AvgIpc) is 3.25. The zero-order valence-electron chi connectivity index (χ0n) is 14.8. The predicted molar refractivity (Wildman–Crippen MR) is 104 cm³/mol.